The van der Waals surface area contributed by atoms with Gasteiger partial charge in [-0.15, -0.1) is 0 Å². The topological polar surface area (TPSA) is 61.3 Å². The van der Waals surface area contributed by atoms with Crippen LogP contribution in [-0.4, -0.2) is 38.6 Å². The fourth-order valence-electron chi connectivity index (χ4n) is 3.88. The first kappa shape index (κ1) is 19.5. The Morgan fingerprint density at radius 2 is 1.76 bits per heavy atom. The molecule has 1 aromatic heterocycles. The number of likely N-dealkylation sites (tertiary alicyclic amines) is 1. The number of carbonyl (C=O) groups excluding carboxylic acids is 1. The summed E-state index contributed by atoms with van der Waals surface area (Å²) in [6.07, 6.45) is 2.52. The van der Waals surface area contributed by atoms with Crippen molar-refractivity contribution < 1.29 is 14.3 Å². The maximum absolute atomic E-state index is 13.3. The van der Waals surface area contributed by atoms with Gasteiger partial charge in [-0.2, -0.15) is 0 Å². The third-order valence-corrected chi connectivity index (χ3v) is 5.80. The van der Waals surface area contributed by atoms with Crippen molar-refractivity contribution in [3.63, 3.8) is 0 Å². The largest absolute Gasteiger partial charge is 0.388 e. The van der Waals surface area contributed by atoms with Crippen LogP contribution in [0.4, 0.5) is 4.39 Å². The average molecular weight is 412 g/mol. The monoisotopic (exact) mass is 411 g/mol. The minimum atomic E-state index is -0.524. The van der Waals surface area contributed by atoms with E-state index in [-0.39, 0.29) is 17.6 Å². The number of nitrogens with one attached hydrogen (secondary N) is 1. The molecule has 1 saturated heterocycles. The minimum Gasteiger partial charge on any atom is -0.388 e. The molecule has 29 heavy (non-hydrogen) atoms. The number of aromatic amines is 1. The van der Waals surface area contributed by atoms with Crippen molar-refractivity contribution in [2.45, 2.75) is 18.9 Å². The van der Waals surface area contributed by atoms with Gasteiger partial charge >= 0.3 is 0 Å². The Morgan fingerprint density at radius 3 is 2.41 bits per heavy atom. The molecule has 1 aliphatic heterocycles. The minimum absolute atomic E-state index is 0.117. The van der Waals surface area contributed by atoms with E-state index in [1.165, 1.54) is 12.1 Å². The summed E-state index contributed by atoms with van der Waals surface area (Å²) < 4.78 is 15.3. The molecular formula is C22H22FN3O2S. The number of H-pyrrole nitrogens is 1. The number of nitrogens with zero attached hydrogens (tertiary/aromatic N) is 2. The van der Waals surface area contributed by atoms with Gasteiger partial charge in [-0.1, -0.05) is 30.3 Å². The molecule has 5 nitrogen and oxygen atoms in total. The maximum Gasteiger partial charge on any atom is 0.272 e. The molecule has 2 heterocycles. The number of benzene rings is 2. The normalized spacial score (nSPS) is 16.0. The first-order chi connectivity index (χ1) is 14.0. The molecule has 0 spiro atoms. The zero-order valence-electron chi connectivity index (χ0n) is 15.8. The van der Waals surface area contributed by atoms with Crippen molar-refractivity contribution in [2.75, 3.05) is 13.1 Å². The zero-order chi connectivity index (χ0) is 20.4. The summed E-state index contributed by atoms with van der Waals surface area (Å²) in [4.78, 5) is 17.8. The predicted octanol–water partition coefficient (Wildman–Crippen LogP) is 4.26. The van der Waals surface area contributed by atoms with E-state index in [0.29, 0.717) is 29.2 Å². The van der Waals surface area contributed by atoms with E-state index in [1.807, 2.05) is 30.3 Å². The number of hydrogen-bond acceptors (Lipinski definition) is 3. The van der Waals surface area contributed by atoms with Crippen LogP contribution in [0.2, 0.25) is 0 Å². The molecule has 0 aliphatic carbocycles. The molecule has 1 atom stereocenters. The molecule has 7 heteroatoms. The first-order valence-electron chi connectivity index (χ1n) is 9.63. The van der Waals surface area contributed by atoms with Crippen LogP contribution < -0.4 is 0 Å². The summed E-state index contributed by atoms with van der Waals surface area (Å²) >= 11 is 5.33. The standard InChI is InChI=1S/C22H22FN3O2S/c23-17-6-8-18(9-7-17)26-19(14-24-22(26)29)21(28)25-12-10-16(11-13-25)20(27)15-4-2-1-3-5-15/h1-9,14,16,20,27H,10-13H2,(H,24,29)/t20-/m0/s1. The highest BCUT2D eigenvalue weighted by Crippen LogP contribution is 2.31. The molecule has 0 bridgehead atoms. The lowest BCUT2D eigenvalue weighted by Gasteiger charge is -2.34. The van der Waals surface area contributed by atoms with Gasteiger partial charge in [-0.3, -0.25) is 9.36 Å². The maximum atomic E-state index is 13.3. The van der Waals surface area contributed by atoms with E-state index < -0.39 is 6.10 Å². The number of hydrogen-bond donors (Lipinski definition) is 2. The number of amides is 1. The Balaban J connectivity index is 1.48. The van der Waals surface area contributed by atoms with Crippen molar-refractivity contribution in [1.82, 2.24) is 14.5 Å². The SMILES string of the molecule is O=C(c1c[nH]c(=S)n1-c1ccc(F)cc1)N1CCC([C@@H](O)c2ccccc2)CC1. The van der Waals surface area contributed by atoms with Gasteiger partial charge in [0, 0.05) is 25.0 Å². The summed E-state index contributed by atoms with van der Waals surface area (Å²) in [7, 11) is 0. The Hall–Kier alpha value is -2.77. The second-order valence-electron chi connectivity index (χ2n) is 7.28. The van der Waals surface area contributed by atoms with Crippen molar-refractivity contribution >= 4 is 18.1 Å². The molecule has 0 saturated carbocycles. The van der Waals surface area contributed by atoms with E-state index >= 15 is 0 Å². The summed E-state index contributed by atoms with van der Waals surface area (Å²) in [5, 5.41) is 10.6. The van der Waals surface area contributed by atoms with Crippen LogP contribution in [0.3, 0.4) is 0 Å². The van der Waals surface area contributed by atoms with Gasteiger partial charge in [0.15, 0.2) is 4.77 Å². The molecule has 1 fully saturated rings. The second kappa shape index (κ2) is 8.31. The number of piperidine rings is 1. The van der Waals surface area contributed by atoms with Crippen LogP contribution in [-0.2, 0) is 0 Å². The smallest absolute Gasteiger partial charge is 0.272 e. The summed E-state index contributed by atoms with van der Waals surface area (Å²) in [6, 6.07) is 15.5. The Bertz CT molecular complexity index is 1040. The molecule has 150 valence electrons. The van der Waals surface area contributed by atoms with Crippen LogP contribution in [0, 0.1) is 16.5 Å². The number of carbonyl (C=O) groups is 1. The number of imidazole rings is 1. The molecule has 4 rings (SSSR count). The molecule has 2 aromatic carbocycles. The number of aliphatic hydroxyl groups is 1. The highest BCUT2D eigenvalue weighted by Gasteiger charge is 2.30. The molecule has 2 N–H and O–H groups in total. The van der Waals surface area contributed by atoms with Gasteiger partial charge in [0.2, 0.25) is 0 Å². The van der Waals surface area contributed by atoms with Crippen LogP contribution in [0.25, 0.3) is 5.69 Å². The fourth-order valence-corrected chi connectivity index (χ4v) is 4.14. The molecule has 1 aliphatic rings. The number of halogens is 1. The van der Waals surface area contributed by atoms with Gasteiger partial charge in [0.05, 0.1) is 6.10 Å². The lowest BCUT2D eigenvalue weighted by Crippen LogP contribution is -2.40. The Kier molecular flexibility index (Phi) is 5.60. The molecular weight excluding hydrogens is 389 g/mol. The highest BCUT2D eigenvalue weighted by molar-refractivity contribution is 7.71. The van der Waals surface area contributed by atoms with Gasteiger partial charge in [-0.25, -0.2) is 4.39 Å². The first-order valence-corrected chi connectivity index (χ1v) is 10.0. The van der Waals surface area contributed by atoms with Crippen LogP contribution in [0.5, 0.6) is 0 Å². The number of aliphatic hydroxyl groups excluding tert-OH is 1. The Labute approximate surface area is 173 Å². The molecule has 1 amide bonds. The average Bonchev–Trinajstić information content (AvgIpc) is 3.15. The van der Waals surface area contributed by atoms with Crippen LogP contribution in [0.15, 0.2) is 60.8 Å². The third-order valence-electron chi connectivity index (χ3n) is 5.49. The van der Waals surface area contributed by atoms with E-state index in [1.54, 1.807) is 27.8 Å². The quantitative estimate of drug-likeness (QED) is 0.631. The molecule has 3 aromatic rings. The summed E-state index contributed by atoms with van der Waals surface area (Å²) in [5.41, 5.74) is 1.96. The molecule has 0 radical (unpaired) electrons. The second-order valence-corrected chi connectivity index (χ2v) is 7.66. The van der Waals surface area contributed by atoms with E-state index in [9.17, 15) is 14.3 Å². The van der Waals surface area contributed by atoms with Crippen molar-refractivity contribution in [1.29, 1.82) is 0 Å². The highest BCUT2D eigenvalue weighted by atomic mass is 32.1. The van der Waals surface area contributed by atoms with Gasteiger partial charge in [0.1, 0.15) is 11.5 Å². The fraction of sp³-hybridized carbons (Fsp3) is 0.273. The number of rotatable bonds is 4. The summed E-state index contributed by atoms with van der Waals surface area (Å²) in [6.45, 7) is 1.13. The van der Waals surface area contributed by atoms with Gasteiger partial charge < -0.3 is 15.0 Å². The number of aromatic nitrogens is 2. The molecule has 0 unspecified atom stereocenters. The van der Waals surface area contributed by atoms with Crippen LogP contribution >= 0.6 is 12.2 Å². The lowest BCUT2D eigenvalue weighted by atomic mass is 9.87. The van der Waals surface area contributed by atoms with E-state index in [4.69, 9.17) is 12.2 Å². The van der Waals surface area contributed by atoms with Crippen molar-refractivity contribution in [3.8, 4) is 5.69 Å². The van der Waals surface area contributed by atoms with E-state index in [2.05, 4.69) is 4.98 Å². The van der Waals surface area contributed by atoms with E-state index in [0.717, 1.165) is 18.4 Å². The predicted molar refractivity (Wildman–Crippen MR) is 111 cm³/mol. The van der Waals surface area contributed by atoms with Gasteiger partial charge in [-0.05, 0) is 60.8 Å². The van der Waals surface area contributed by atoms with Crippen molar-refractivity contribution in [3.05, 3.63) is 82.6 Å². The third kappa shape index (κ3) is 4.02. The van der Waals surface area contributed by atoms with Gasteiger partial charge in [0.25, 0.3) is 5.91 Å². The van der Waals surface area contributed by atoms with Crippen LogP contribution in [0.1, 0.15) is 35.0 Å². The van der Waals surface area contributed by atoms with Crippen molar-refractivity contribution in [2.24, 2.45) is 5.92 Å². The lowest BCUT2D eigenvalue weighted by molar-refractivity contribution is 0.0457. The Morgan fingerprint density at radius 1 is 1.10 bits per heavy atom. The summed E-state index contributed by atoms with van der Waals surface area (Å²) in [5.74, 6) is -0.358. The zero-order valence-corrected chi connectivity index (χ0v) is 16.6.